The summed E-state index contributed by atoms with van der Waals surface area (Å²) in [6.45, 7) is -0.290. The Morgan fingerprint density at radius 3 is 2.53 bits per heavy atom. The van der Waals surface area contributed by atoms with Crippen molar-refractivity contribution in [2.24, 2.45) is 0 Å². The van der Waals surface area contributed by atoms with Gasteiger partial charge in [-0.1, -0.05) is 0 Å². The first-order valence-electron chi connectivity index (χ1n) is 5.61. The standard InChI is InChI=1S/C13H11N3O3/c14-8-9-1-3-10(4-2-9)15-11-7-12(18)16(5-6-17)13(11)19/h1-4,7,15,17H,5-6H2. The Kier molecular flexibility index (Phi) is 3.59. The number of nitriles is 1. The highest BCUT2D eigenvalue weighted by Gasteiger charge is 2.30. The predicted molar refractivity (Wildman–Crippen MR) is 66.7 cm³/mol. The van der Waals surface area contributed by atoms with Crippen LogP contribution in [0.5, 0.6) is 0 Å². The van der Waals surface area contributed by atoms with E-state index in [4.69, 9.17) is 10.4 Å². The smallest absolute Gasteiger partial charge is 0.277 e. The van der Waals surface area contributed by atoms with E-state index in [1.165, 1.54) is 6.08 Å². The van der Waals surface area contributed by atoms with Crippen molar-refractivity contribution in [2.45, 2.75) is 0 Å². The maximum atomic E-state index is 11.8. The highest BCUT2D eigenvalue weighted by molar-refractivity contribution is 6.17. The number of anilines is 1. The van der Waals surface area contributed by atoms with Gasteiger partial charge in [0.15, 0.2) is 0 Å². The third kappa shape index (κ3) is 2.61. The number of hydrogen-bond donors (Lipinski definition) is 2. The number of β-amino-alcohol motifs (C(OH)–C–C–N with tert-alkyl or cyclic N) is 1. The molecule has 1 aliphatic rings. The fraction of sp³-hybridized carbons (Fsp3) is 0.154. The van der Waals surface area contributed by atoms with E-state index in [-0.39, 0.29) is 18.8 Å². The molecule has 0 aromatic heterocycles. The molecule has 1 aromatic carbocycles. The summed E-state index contributed by atoms with van der Waals surface area (Å²) in [6.07, 6.45) is 1.19. The zero-order valence-corrected chi connectivity index (χ0v) is 9.96. The van der Waals surface area contributed by atoms with Gasteiger partial charge in [0.05, 0.1) is 24.8 Å². The average Bonchev–Trinajstić information content (AvgIpc) is 2.68. The molecule has 1 aliphatic heterocycles. The number of imide groups is 1. The molecular formula is C13H11N3O3. The number of amides is 2. The van der Waals surface area contributed by atoms with Gasteiger partial charge < -0.3 is 10.4 Å². The first-order chi connectivity index (χ1) is 9.15. The molecule has 6 heteroatoms. The van der Waals surface area contributed by atoms with Gasteiger partial charge in [-0.05, 0) is 24.3 Å². The van der Waals surface area contributed by atoms with E-state index in [0.717, 1.165) is 4.90 Å². The molecule has 1 heterocycles. The van der Waals surface area contributed by atoms with E-state index in [1.807, 2.05) is 6.07 Å². The number of aliphatic hydroxyl groups is 1. The Hall–Kier alpha value is -2.65. The highest BCUT2D eigenvalue weighted by Crippen LogP contribution is 2.17. The van der Waals surface area contributed by atoms with Crippen LogP contribution in [0.2, 0.25) is 0 Å². The maximum Gasteiger partial charge on any atom is 0.277 e. The van der Waals surface area contributed by atoms with Crippen LogP contribution in [0.4, 0.5) is 5.69 Å². The molecule has 0 atom stereocenters. The topological polar surface area (TPSA) is 93.4 Å². The summed E-state index contributed by atoms with van der Waals surface area (Å²) in [7, 11) is 0. The second kappa shape index (κ2) is 5.33. The molecule has 6 nitrogen and oxygen atoms in total. The molecule has 96 valence electrons. The van der Waals surface area contributed by atoms with Crippen LogP contribution >= 0.6 is 0 Å². The Morgan fingerprint density at radius 1 is 1.26 bits per heavy atom. The molecule has 2 amide bonds. The molecule has 0 unspecified atom stereocenters. The van der Waals surface area contributed by atoms with Crippen molar-refractivity contribution in [3.05, 3.63) is 41.6 Å². The van der Waals surface area contributed by atoms with E-state index < -0.39 is 11.8 Å². The zero-order chi connectivity index (χ0) is 13.8. The lowest BCUT2D eigenvalue weighted by atomic mass is 10.2. The second-order valence-electron chi connectivity index (χ2n) is 3.89. The number of carbonyl (C=O) groups excluding carboxylic acids is 2. The summed E-state index contributed by atoms with van der Waals surface area (Å²) < 4.78 is 0. The van der Waals surface area contributed by atoms with Gasteiger partial charge in [-0.2, -0.15) is 5.26 Å². The molecule has 2 N–H and O–H groups in total. The van der Waals surface area contributed by atoms with E-state index in [1.54, 1.807) is 24.3 Å². The molecule has 0 radical (unpaired) electrons. The van der Waals surface area contributed by atoms with Crippen molar-refractivity contribution < 1.29 is 14.7 Å². The van der Waals surface area contributed by atoms with Gasteiger partial charge >= 0.3 is 0 Å². The lowest BCUT2D eigenvalue weighted by molar-refractivity contribution is -0.137. The lowest BCUT2D eigenvalue weighted by Crippen LogP contribution is -2.34. The second-order valence-corrected chi connectivity index (χ2v) is 3.89. The normalized spacial score (nSPS) is 14.3. The third-order valence-corrected chi connectivity index (χ3v) is 2.63. The highest BCUT2D eigenvalue weighted by atomic mass is 16.3. The molecule has 1 aromatic rings. The van der Waals surface area contributed by atoms with E-state index in [0.29, 0.717) is 11.3 Å². The van der Waals surface area contributed by atoms with Gasteiger partial charge in [-0.3, -0.25) is 14.5 Å². The molecular weight excluding hydrogens is 246 g/mol. The van der Waals surface area contributed by atoms with Gasteiger partial charge in [0.2, 0.25) is 0 Å². The Morgan fingerprint density at radius 2 is 1.95 bits per heavy atom. The molecule has 2 rings (SSSR count). The van der Waals surface area contributed by atoms with Crippen LogP contribution in [0.25, 0.3) is 0 Å². The van der Waals surface area contributed by atoms with Crippen molar-refractivity contribution >= 4 is 17.5 Å². The van der Waals surface area contributed by atoms with Crippen LogP contribution < -0.4 is 5.32 Å². The zero-order valence-electron chi connectivity index (χ0n) is 9.96. The summed E-state index contributed by atoms with van der Waals surface area (Å²) in [6, 6.07) is 8.49. The van der Waals surface area contributed by atoms with E-state index in [9.17, 15) is 9.59 Å². The Labute approximate surface area is 109 Å². The minimum Gasteiger partial charge on any atom is -0.395 e. The fourth-order valence-electron chi connectivity index (χ4n) is 1.69. The van der Waals surface area contributed by atoms with Crippen molar-refractivity contribution in [3.8, 4) is 6.07 Å². The monoisotopic (exact) mass is 257 g/mol. The van der Waals surface area contributed by atoms with E-state index in [2.05, 4.69) is 5.32 Å². The van der Waals surface area contributed by atoms with Crippen molar-refractivity contribution in [3.63, 3.8) is 0 Å². The molecule has 0 bridgehead atoms. The Bertz CT molecular complexity index is 584. The van der Waals surface area contributed by atoms with Gasteiger partial charge in [0.25, 0.3) is 11.8 Å². The minimum atomic E-state index is -0.469. The molecule has 0 saturated carbocycles. The SMILES string of the molecule is N#Cc1ccc(NC2=CC(=O)N(CCO)C2=O)cc1. The fourth-order valence-corrected chi connectivity index (χ4v) is 1.69. The molecule has 0 fully saturated rings. The average molecular weight is 257 g/mol. The van der Waals surface area contributed by atoms with Crippen LogP contribution in [0.3, 0.4) is 0 Å². The number of aliphatic hydroxyl groups excluding tert-OH is 1. The molecule has 19 heavy (non-hydrogen) atoms. The third-order valence-electron chi connectivity index (χ3n) is 2.63. The minimum absolute atomic E-state index is 0.0211. The predicted octanol–water partition coefficient (Wildman–Crippen LogP) is 0.215. The number of nitrogens with zero attached hydrogens (tertiary/aromatic N) is 2. The lowest BCUT2D eigenvalue weighted by Gasteiger charge is -2.13. The first-order valence-corrected chi connectivity index (χ1v) is 5.61. The number of nitrogens with one attached hydrogen (secondary N) is 1. The number of hydrogen-bond acceptors (Lipinski definition) is 5. The van der Waals surface area contributed by atoms with Crippen molar-refractivity contribution in [1.82, 2.24) is 4.90 Å². The van der Waals surface area contributed by atoms with Crippen molar-refractivity contribution in [2.75, 3.05) is 18.5 Å². The number of carbonyl (C=O) groups is 2. The first kappa shape index (κ1) is 12.8. The summed E-state index contributed by atoms with van der Waals surface area (Å²) in [5.74, 6) is -0.918. The summed E-state index contributed by atoms with van der Waals surface area (Å²) >= 11 is 0. The van der Waals surface area contributed by atoms with Crippen molar-refractivity contribution in [1.29, 1.82) is 5.26 Å². The molecule has 0 spiro atoms. The quantitative estimate of drug-likeness (QED) is 0.752. The van der Waals surface area contributed by atoms with Crippen LogP contribution in [0, 0.1) is 11.3 Å². The Balaban J connectivity index is 2.11. The van der Waals surface area contributed by atoms with Gasteiger partial charge in [0, 0.05) is 11.8 Å². The maximum absolute atomic E-state index is 11.8. The number of benzene rings is 1. The van der Waals surface area contributed by atoms with Crippen LogP contribution in [-0.4, -0.2) is 35.0 Å². The van der Waals surface area contributed by atoms with Crippen LogP contribution in [-0.2, 0) is 9.59 Å². The van der Waals surface area contributed by atoms with Gasteiger partial charge in [-0.15, -0.1) is 0 Å². The molecule has 0 saturated heterocycles. The summed E-state index contributed by atoms with van der Waals surface area (Å²) in [5.41, 5.74) is 1.27. The summed E-state index contributed by atoms with van der Waals surface area (Å²) in [4.78, 5) is 24.3. The molecule has 0 aliphatic carbocycles. The van der Waals surface area contributed by atoms with Gasteiger partial charge in [0.1, 0.15) is 5.70 Å². The number of rotatable bonds is 4. The largest absolute Gasteiger partial charge is 0.395 e. The van der Waals surface area contributed by atoms with E-state index >= 15 is 0 Å². The van der Waals surface area contributed by atoms with Crippen LogP contribution in [0.1, 0.15) is 5.56 Å². The summed E-state index contributed by atoms with van der Waals surface area (Å²) in [5, 5.41) is 20.3. The van der Waals surface area contributed by atoms with Crippen LogP contribution in [0.15, 0.2) is 36.0 Å². The van der Waals surface area contributed by atoms with Gasteiger partial charge in [-0.25, -0.2) is 0 Å².